The number of carbonyl (C=O) groups is 1. The number of hydrogen-bond acceptors (Lipinski definition) is 2. The summed E-state index contributed by atoms with van der Waals surface area (Å²) in [6.07, 6.45) is 4.26. The number of carbonyl (C=O) groups excluding carboxylic acids is 1. The van der Waals surface area contributed by atoms with Gasteiger partial charge in [-0.3, -0.25) is 4.79 Å². The van der Waals surface area contributed by atoms with Gasteiger partial charge in [0.05, 0.1) is 21.1 Å². The summed E-state index contributed by atoms with van der Waals surface area (Å²) in [5, 5.41) is 0.974. The number of nitrogens with one attached hydrogen (secondary N) is 1. The molecule has 0 spiro atoms. The molecule has 0 bridgehead atoms. The van der Waals surface area contributed by atoms with E-state index in [0.717, 1.165) is 35.3 Å². The Hall–Kier alpha value is -1.32. The Morgan fingerprint density at radius 3 is 2.76 bits per heavy atom. The van der Waals surface area contributed by atoms with Crippen LogP contribution in [0.15, 0.2) is 18.2 Å². The molecule has 1 aliphatic carbocycles. The number of hydrogen-bond donors (Lipinski definition) is 1. The van der Waals surface area contributed by atoms with Crippen LogP contribution in [0, 0.1) is 5.41 Å². The summed E-state index contributed by atoms with van der Waals surface area (Å²) in [5.41, 5.74) is 2.43. The first kappa shape index (κ1) is 14.6. The fraction of sp³-hybridized carbons (Fsp3) is 0.375. The van der Waals surface area contributed by atoms with Crippen LogP contribution >= 0.6 is 23.2 Å². The van der Waals surface area contributed by atoms with Crippen molar-refractivity contribution in [3.63, 3.8) is 0 Å². The van der Waals surface area contributed by atoms with Crippen molar-refractivity contribution < 1.29 is 4.79 Å². The van der Waals surface area contributed by atoms with E-state index >= 15 is 0 Å². The minimum atomic E-state index is -0.146. The number of aromatic amines is 1. The van der Waals surface area contributed by atoms with E-state index in [1.54, 1.807) is 18.2 Å². The SMILES string of the molecule is CCCC1(C)CC(=O)C=C1c1nc2cc(Cl)c(Cl)cc2[nH]1. The second-order valence-electron chi connectivity index (χ2n) is 5.88. The minimum absolute atomic E-state index is 0.146. The first-order chi connectivity index (χ1) is 9.93. The average molecular weight is 323 g/mol. The first-order valence-electron chi connectivity index (χ1n) is 7.03. The maximum Gasteiger partial charge on any atom is 0.157 e. The molecular weight excluding hydrogens is 307 g/mol. The first-order valence-corrected chi connectivity index (χ1v) is 7.79. The molecule has 1 aromatic heterocycles. The Morgan fingerprint density at radius 2 is 2.05 bits per heavy atom. The lowest BCUT2D eigenvalue weighted by atomic mass is 9.79. The summed E-state index contributed by atoms with van der Waals surface area (Å²) in [6.45, 7) is 4.25. The normalized spacial score (nSPS) is 22.1. The van der Waals surface area contributed by atoms with Crippen LogP contribution in [0.4, 0.5) is 0 Å². The number of ketones is 1. The number of rotatable bonds is 3. The van der Waals surface area contributed by atoms with Crippen LogP contribution in [0.2, 0.25) is 10.0 Å². The van der Waals surface area contributed by atoms with Crippen LogP contribution in [-0.4, -0.2) is 15.8 Å². The quantitative estimate of drug-likeness (QED) is 0.861. The Morgan fingerprint density at radius 1 is 1.33 bits per heavy atom. The van der Waals surface area contributed by atoms with Gasteiger partial charge in [-0.25, -0.2) is 4.98 Å². The zero-order valence-electron chi connectivity index (χ0n) is 12.0. The number of aromatic nitrogens is 2. The monoisotopic (exact) mass is 322 g/mol. The fourth-order valence-electron chi connectivity index (χ4n) is 3.13. The van der Waals surface area contributed by atoms with Crippen molar-refractivity contribution in [2.45, 2.75) is 33.1 Å². The number of H-pyrrole nitrogens is 1. The van der Waals surface area contributed by atoms with E-state index in [0.29, 0.717) is 16.5 Å². The molecule has 0 saturated carbocycles. The van der Waals surface area contributed by atoms with E-state index < -0.39 is 0 Å². The van der Waals surface area contributed by atoms with Crippen LogP contribution in [0.3, 0.4) is 0 Å². The second kappa shape index (κ2) is 5.15. The lowest BCUT2D eigenvalue weighted by Gasteiger charge is -2.25. The molecule has 0 amide bonds. The second-order valence-corrected chi connectivity index (χ2v) is 6.70. The third-order valence-corrected chi connectivity index (χ3v) is 4.82. The highest BCUT2D eigenvalue weighted by Crippen LogP contribution is 2.46. The van der Waals surface area contributed by atoms with Gasteiger partial charge in [-0.2, -0.15) is 0 Å². The molecule has 0 radical (unpaired) electrons. The molecule has 0 saturated heterocycles. The van der Waals surface area contributed by atoms with E-state index in [2.05, 4.69) is 23.8 Å². The van der Waals surface area contributed by atoms with Crippen molar-refractivity contribution >= 4 is 45.6 Å². The Bertz CT molecular complexity index is 724. The molecule has 3 rings (SSSR count). The summed E-state index contributed by atoms with van der Waals surface area (Å²) in [7, 11) is 0. The maximum atomic E-state index is 11.9. The molecule has 1 aliphatic rings. The van der Waals surface area contributed by atoms with Gasteiger partial charge in [-0.1, -0.05) is 43.5 Å². The van der Waals surface area contributed by atoms with Crippen molar-refractivity contribution in [2.75, 3.05) is 0 Å². The van der Waals surface area contributed by atoms with Crippen LogP contribution in [0.1, 0.15) is 38.9 Å². The van der Waals surface area contributed by atoms with Crippen LogP contribution < -0.4 is 0 Å². The highest BCUT2D eigenvalue weighted by molar-refractivity contribution is 6.42. The smallest absolute Gasteiger partial charge is 0.157 e. The van der Waals surface area contributed by atoms with Gasteiger partial charge in [0.1, 0.15) is 5.82 Å². The van der Waals surface area contributed by atoms with Gasteiger partial charge < -0.3 is 4.98 Å². The van der Waals surface area contributed by atoms with Crippen molar-refractivity contribution in [3.8, 4) is 0 Å². The summed E-state index contributed by atoms with van der Waals surface area (Å²) in [4.78, 5) is 19.7. The molecule has 0 fully saturated rings. The third kappa shape index (κ3) is 2.49. The molecule has 1 unspecified atom stereocenters. The molecule has 5 heteroatoms. The van der Waals surface area contributed by atoms with Gasteiger partial charge in [-0.15, -0.1) is 0 Å². The highest BCUT2D eigenvalue weighted by Gasteiger charge is 2.38. The van der Waals surface area contributed by atoms with E-state index in [-0.39, 0.29) is 11.2 Å². The topological polar surface area (TPSA) is 45.8 Å². The zero-order valence-corrected chi connectivity index (χ0v) is 13.5. The molecule has 1 N–H and O–H groups in total. The Kier molecular flexibility index (Phi) is 3.58. The molecule has 1 atom stereocenters. The number of allylic oxidation sites excluding steroid dienone is 2. The summed E-state index contributed by atoms with van der Waals surface area (Å²) in [5.74, 6) is 0.905. The molecule has 1 aromatic carbocycles. The van der Waals surface area contributed by atoms with Crippen LogP contribution in [-0.2, 0) is 4.79 Å². The number of benzene rings is 1. The molecule has 3 nitrogen and oxygen atoms in total. The standard InChI is InChI=1S/C16H16Cl2N2O/c1-3-4-16(2)8-9(21)5-10(16)15-19-13-6-11(17)12(18)7-14(13)20-15/h5-7H,3-4,8H2,1-2H3,(H,19,20). The molecule has 21 heavy (non-hydrogen) atoms. The van der Waals surface area contributed by atoms with Gasteiger partial charge in [0.15, 0.2) is 5.78 Å². The van der Waals surface area contributed by atoms with E-state index in [1.807, 2.05) is 0 Å². The van der Waals surface area contributed by atoms with Gasteiger partial charge in [0.25, 0.3) is 0 Å². The summed E-state index contributed by atoms with van der Waals surface area (Å²) >= 11 is 12.1. The van der Waals surface area contributed by atoms with Gasteiger partial charge >= 0.3 is 0 Å². The minimum Gasteiger partial charge on any atom is -0.338 e. The summed E-state index contributed by atoms with van der Waals surface area (Å²) in [6, 6.07) is 3.51. The molecule has 110 valence electrons. The molecule has 2 aromatic rings. The Labute approximate surface area is 133 Å². The lowest BCUT2D eigenvalue weighted by molar-refractivity contribution is -0.115. The van der Waals surface area contributed by atoms with E-state index in [4.69, 9.17) is 23.2 Å². The average Bonchev–Trinajstić information content (AvgIpc) is 2.91. The van der Waals surface area contributed by atoms with E-state index in [1.165, 1.54) is 0 Å². The van der Waals surface area contributed by atoms with Gasteiger partial charge in [-0.05, 0) is 24.6 Å². The van der Waals surface area contributed by atoms with Gasteiger partial charge in [0, 0.05) is 17.4 Å². The van der Waals surface area contributed by atoms with Crippen molar-refractivity contribution in [1.29, 1.82) is 0 Å². The zero-order chi connectivity index (χ0) is 15.2. The third-order valence-electron chi connectivity index (χ3n) is 4.10. The maximum absolute atomic E-state index is 11.9. The fourth-order valence-corrected chi connectivity index (χ4v) is 3.45. The number of nitrogens with zero attached hydrogens (tertiary/aromatic N) is 1. The lowest BCUT2D eigenvalue weighted by Crippen LogP contribution is -2.16. The summed E-state index contributed by atoms with van der Waals surface area (Å²) < 4.78 is 0. The molecular formula is C16H16Cl2N2O. The van der Waals surface area contributed by atoms with Crippen molar-refractivity contribution in [2.24, 2.45) is 5.41 Å². The highest BCUT2D eigenvalue weighted by atomic mass is 35.5. The number of imidazole rings is 1. The predicted molar refractivity (Wildman–Crippen MR) is 86.7 cm³/mol. The van der Waals surface area contributed by atoms with E-state index in [9.17, 15) is 4.79 Å². The predicted octanol–water partition coefficient (Wildman–Crippen LogP) is 5.03. The van der Waals surface area contributed by atoms with Crippen LogP contribution in [0.25, 0.3) is 16.6 Å². The van der Waals surface area contributed by atoms with Crippen molar-refractivity contribution in [1.82, 2.24) is 9.97 Å². The molecule has 0 aliphatic heterocycles. The van der Waals surface area contributed by atoms with Gasteiger partial charge in [0.2, 0.25) is 0 Å². The van der Waals surface area contributed by atoms with Crippen molar-refractivity contribution in [3.05, 3.63) is 34.1 Å². The number of halogens is 2. The molecule has 1 heterocycles. The van der Waals surface area contributed by atoms with Crippen LogP contribution in [0.5, 0.6) is 0 Å². The number of fused-ring (bicyclic) bond motifs is 1. The Balaban J connectivity index is 2.11. The largest absolute Gasteiger partial charge is 0.338 e.